The lowest BCUT2D eigenvalue weighted by Gasteiger charge is -2.25. The van der Waals surface area contributed by atoms with Crippen molar-refractivity contribution in [3.63, 3.8) is 0 Å². The Hall–Kier alpha value is -2.34. The molecule has 1 aliphatic carbocycles. The highest BCUT2D eigenvalue weighted by molar-refractivity contribution is 7.98. The third-order valence-electron chi connectivity index (χ3n) is 4.32. The molecule has 2 aromatic rings. The second kappa shape index (κ2) is 7.05. The first-order valence-electron chi connectivity index (χ1n) is 7.83. The van der Waals surface area contributed by atoms with Crippen LogP contribution in [0, 0.1) is 10.1 Å². The van der Waals surface area contributed by atoms with E-state index in [2.05, 4.69) is 18.2 Å². The Kier molecular flexibility index (Phi) is 4.85. The van der Waals surface area contributed by atoms with Crippen LogP contribution < -0.4 is 5.73 Å². The monoisotopic (exact) mass is 342 g/mol. The van der Waals surface area contributed by atoms with Crippen molar-refractivity contribution < 1.29 is 9.72 Å². The van der Waals surface area contributed by atoms with Gasteiger partial charge in [-0.1, -0.05) is 30.3 Å². The van der Waals surface area contributed by atoms with Crippen molar-refractivity contribution in [1.29, 1.82) is 0 Å². The SMILES string of the molecule is NC(=O)c1ccc(CSC2CCCc3ccccc32)c([N+](=O)[O-])c1. The number of aryl methyl sites for hydroxylation is 1. The molecule has 1 atom stereocenters. The summed E-state index contributed by atoms with van der Waals surface area (Å²) < 4.78 is 0. The van der Waals surface area contributed by atoms with Crippen LogP contribution in [0.15, 0.2) is 42.5 Å². The van der Waals surface area contributed by atoms with Crippen molar-refractivity contribution in [2.24, 2.45) is 5.73 Å². The number of fused-ring (bicyclic) bond motifs is 1. The number of nitrogens with two attached hydrogens (primary N) is 1. The van der Waals surface area contributed by atoms with Gasteiger partial charge < -0.3 is 5.73 Å². The zero-order chi connectivity index (χ0) is 17.1. The average Bonchev–Trinajstić information content (AvgIpc) is 2.59. The van der Waals surface area contributed by atoms with Crippen LogP contribution in [0.25, 0.3) is 0 Å². The minimum Gasteiger partial charge on any atom is -0.366 e. The molecule has 0 fully saturated rings. The number of carbonyl (C=O) groups is 1. The third-order valence-corrected chi connectivity index (χ3v) is 5.69. The van der Waals surface area contributed by atoms with Gasteiger partial charge in [0.05, 0.1) is 4.92 Å². The first-order chi connectivity index (χ1) is 11.6. The molecule has 6 heteroatoms. The fourth-order valence-corrected chi connectivity index (χ4v) is 4.45. The van der Waals surface area contributed by atoms with E-state index < -0.39 is 10.8 Å². The van der Waals surface area contributed by atoms with Crippen molar-refractivity contribution in [2.45, 2.75) is 30.3 Å². The van der Waals surface area contributed by atoms with Gasteiger partial charge in [0.2, 0.25) is 5.91 Å². The average molecular weight is 342 g/mol. The van der Waals surface area contributed by atoms with Crippen molar-refractivity contribution in [3.05, 3.63) is 74.8 Å². The molecule has 0 aliphatic heterocycles. The minimum atomic E-state index is -0.654. The second-order valence-corrected chi connectivity index (χ2v) is 7.05. The predicted octanol–water partition coefficient (Wildman–Crippen LogP) is 4.00. The fourth-order valence-electron chi connectivity index (χ4n) is 3.08. The number of rotatable bonds is 5. The summed E-state index contributed by atoms with van der Waals surface area (Å²) in [6, 6.07) is 12.9. The molecule has 0 saturated heterocycles. The molecule has 24 heavy (non-hydrogen) atoms. The number of hydrogen-bond acceptors (Lipinski definition) is 4. The van der Waals surface area contributed by atoms with Gasteiger partial charge in [-0.2, -0.15) is 0 Å². The molecule has 2 N–H and O–H groups in total. The zero-order valence-electron chi connectivity index (χ0n) is 13.1. The Morgan fingerprint density at radius 3 is 2.83 bits per heavy atom. The summed E-state index contributed by atoms with van der Waals surface area (Å²) in [5, 5.41) is 11.6. The normalized spacial score (nSPS) is 16.4. The van der Waals surface area contributed by atoms with E-state index in [0.29, 0.717) is 16.6 Å². The van der Waals surface area contributed by atoms with E-state index in [1.807, 2.05) is 6.07 Å². The molecule has 1 aliphatic rings. The lowest BCUT2D eigenvalue weighted by molar-refractivity contribution is -0.385. The quantitative estimate of drug-likeness (QED) is 0.657. The number of carbonyl (C=O) groups excluding carboxylic acids is 1. The molecule has 2 aromatic carbocycles. The Morgan fingerprint density at radius 2 is 2.08 bits per heavy atom. The summed E-state index contributed by atoms with van der Waals surface area (Å²) in [7, 11) is 0. The van der Waals surface area contributed by atoms with E-state index in [9.17, 15) is 14.9 Å². The molecule has 5 nitrogen and oxygen atoms in total. The van der Waals surface area contributed by atoms with Crippen LogP contribution in [0.2, 0.25) is 0 Å². The summed E-state index contributed by atoms with van der Waals surface area (Å²) in [4.78, 5) is 22.1. The molecular weight excluding hydrogens is 324 g/mol. The molecule has 0 bridgehead atoms. The highest BCUT2D eigenvalue weighted by atomic mass is 32.2. The zero-order valence-corrected chi connectivity index (χ0v) is 13.9. The molecule has 0 spiro atoms. The van der Waals surface area contributed by atoms with E-state index >= 15 is 0 Å². The van der Waals surface area contributed by atoms with Gasteiger partial charge >= 0.3 is 0 Å². The Labute approximate surface area is 144 Å². The van der Waals surface area contributed by atoms with Crippen LogP contribution in [-0.4, -0.2) is 10.8 Å². The molecule has 0 saturated carbocycles. The minimum absolute atomic E-state index is 0.0390. The second-order valence-electron chi connectivity index (χ2n) is 5.86. The lowest BCUT2D eigenvalue weighted by atomic mass is 9.91. The topological polar surface area (TPSA) is 86.2 Å². The van der Waals surface area contributed by atoms with Crippen molar-refractivity contribution >= 4 is 23.4 Å². The summed E-state index contributed by atoms with van der Waals surface area (Å²) in [5.41, 5.74) is 8.67. The maximum Gasteiger partial charge on any atom is 0.274 e. The van der Waals surface area contributed by atoms with E-state index in [4.69, 9.17) is 5.73 Å². The Morgan fingerprint density at radius 1 is 1.29 bits per heavy atom. The molecule has 124 valence electrons. The number of nitro benzene ring substituents is 1. The van der Waals surface area contributed by atoms with E-state index in [0.717, 1.165) is 19.3 Å². The summed E-state index contributed by atoms with van der Waals surface area (Å²) in [6.45, 7) is 0. The molecule has 1 amide bonds. The highest BCUT2D eigenvalue weighted by Gasteiger charge is 2.22. The van der Waals surface area contributed by atoms with Gasteiger partial charge in [0.1, 0.15) is 0 Å². The van der Waals surface area contributed by atoms with Crippen LogP contribution in [0.5, 0.6) is 0 Å². The fraction of sp³-hybridized carbons (Fsp3) is 0.278. The van der Waals surface area contributed by atoms with Gasteiger partial charge in [0.15, 0.2) is 0 Å². The predicted molar refractivity (Wildman–Crippen MR) is 95.0 cm³/mol. The van der Waals surface area contributed by atoms with E-state index in [1.54, 1.807) is 23.9 Å². The van der Waals surface area contributed by atoms with Crippen LogP contribution in [0.3, 0.4) is 0 Å². The van der Waals surface area contributed by atoms with Crippen LogP contribution in [0.1, 0.15) is 45.1 Å². The highest BCUT2D eigenvalue weighted by Crippen LogP contribution is 2.41. The molecule has 3 rings (SSSR count). The standard InChI is InChI=1S/C18H18N2O3S/c19-18(21)13-8-9-14(16(10-13)20(22)23)11-24-17-7-3-5-12-4-1-2-6-15(12)17/h1-2,4,6,8-10,17H,3,5,7,11H2,(H2,19,21). The number of thioether (sulfide) groups is 1. The molecular formula is C18H18N2O3S. The van der Waals surface area contributed by atoms with Crippen molar-refractivity contribution in [3.8, 4) is 0 Å². The third kappa shape index (κ3) is 3.43. The van der Waals surface area contributed by atoms with E-state index in [1.165, 1.54) is 17.2 Å². The first-order valence-corrected chi connectivity index (χ1v) is 8.87. The molecule has 0 aromatic heterocycles. The first kappa shape index (κ1) is 16.5. The van der Waals surface area contributed by atoms with Gasteiger partial charge in [-0.3, -0.25) is 14.9 Å². The maximum absolute atomic E-state index is 11.3. The van der Waals surface area contributed by atoms with Gasteiger partial charge in [0, 0.05) is 28.2 Å². The van der Waals surface area contributed by atoms with Crippen molar-refractivity contribution in [2.75, 3.05) is 0 Å². The van der Waals surface area contributed by atoms with Crippen LogP contribution >= 0.6 is 11.8 Å². The summed E-state index contributed by atoms with van der Waals surface area (Å²) >= 11 is 1.72. The Bertz CT molecular complexity index is 792. The summed E-state index contributed by atoms with van der Waals surface area (Å²) in [6.07, 6.45) is 3.31. The molecule has 0 heterocycles. The largest absolute Gasteiger partial charge is 0.366 e. The number of amides is 1. The number of nitrogens with zero attached hydrogens (tertiary/aromatic N) is 1. The van der Waals surface area contributed by atoms with Crippen molar-refractivity contribution in [1.82, 2.24) is 0 Å². The molecule has 1 unspecified atom stereocenters. The maximum atomic E-state index is 11.3. The number of hydrogen-bond donors (Lipinski definition) is 1. The van der Waals surface area contributed by atoms with Gasteiger partial charge in [-0.15, -0.1) is 11.8 Å². The number of benzene rings is 2. The van der Waals surface area contributed by atoms with Gasteiger partial charge in [-0.25, -0.2) is 0 Å². The van der Waals surface area contributed by atoms with E-state index in [-0.39, 0.29) is 11.3 Å². The lowest BCUT2D eigenvalue weighted by Crippen LogP contribution is -2.11. The smallest absolute Gasteiger partial charge is 0.274 e. The summed E-state index contributed by atoms with van der Waals surface area (Å²) in [5.74, 6) is -0.118. The van der Waals surface area contributed by atoms with Crippen LogP contribution in [-0.2, 0) is 12.2 Å². The molecule has 0 radical (unpaired) electrons. The number of primary amides is 1. The van der Waals surface area contributed by atoms with Gasteiger partial charge in [0.25, 0.3) is 5.69 Å². The number of nitro groups is 1. The van der Waals surface area contributed by atoms with Gasteiger partial charge in [-0.05, 0) is 36.5 Å². The Balaban J connectivity index is 1.80. The van der Waals surface area contributed by atoms with Crippen LogP contribution in [0.4, 0.5) is 5.69 Å².